The van der Waals surface area contributed by atoms with Gasteiger partial charge in [0.15, 0.2) is 0 Å². The van der Waals surface area contributed by atoms with Gasteiger partial charge in [-0.3, -0.25) is 0 Å². The van der Waals surface area contributed by atoms with Crippen LogP contribution in [-0.4, -0.2) is 4.57 Å². The van der Waals surface area contributed by atoms with Crippen molar-refractivity contribution in [2.45, 2.75) is 44.1 Å². The second-order valence-electron chi connectivity index (χ2n) is 18.6. The average molecular weight is 807 g/mol. The zero-order chi connectivity index (χ0) is 42.0. The Kier molecular flexibility index (Phi) is 7.65. The number of allylic oxidation sites excluding steroid dienone is 4. The molecule has 0 spiro atoms. The molecule has 0 fully saturated rings. The van der Waals surface area contributed by atoms with E-state index in [0.717, 1.165) is 23.5 Å². The van der Waals surface area contributed by atoms with E-state index in [-0.39, 0.29) is 16.9 Å². The SMILES string of the molecule is CC1(C)c2ccccc2-c2ccc(N(c3ccc4ccccc4c3)c3ccc4c(c3)c3cc(C5(C)c6ccccc6-c6cc7ccccc7cc65)ccc3n4C3C=CC=CC3)cc21. The van der Waals surface area contributed by atoms with Gasteiger partial charge < -0.3 is 9.47 Å². The molecule has 3 aliphatic carbocycles. The fraction of sp³-hybridized carbons (Fsp3) is 0.115. The maximum absolute atomic E-state index is 2.58. The molecule has 13 rings (SSSR count). The normalized spacial score (nSPS) is 17.9. The number of aromatic nitrogens is 1. The minimum atomic E-state index is -0.338. The maximum Gasteiger partial charge on any atom is 0.0560 e. The predicted octanol–water partition coefficient (Wildman–Crippen LogP) is 16.3. The minimum absolute atomic E-state index is 0.118. The number of hydrogen-bond acceptors (Lipinski definition) is 1. The summed E-state index contributed by atoms with van der Waals surface area (Å²) in [5.41, 5.74) is 17.6. The summed E-state index contributed by atoms with van der Waals surface area (Å²) < 4.78 is 2.58. The lowest BCUT2D eigenvalue weighted by atomic mass is 9.73. The summed E-state index contributed by atoms with van der Waals surface area (Å²) in [6.07, 6.45) is 10.0. The molecule has 1 aromatic heterocycles. The minimum Gasteiger partial charge on any atom is -0.333 e. The van der Waals surface area contributed by atoms with E-state index >= 15 is 0 Å². The molecule has 10 aromatic rings. The fourth-order valence-corrected chi connectivity index (χ4v) is 11.7. The second kappa shape index (κ2) is 13.3. The summed E-state index contributed by atoms with van der Waals surface area (Å²) in [5, 5.41) is 7.58. The third-order valence-corrected chi connectivity index (χ3v) is 14.9. The molecule has 2 atom stereocenters. The van der Waals surface area contributed by atoms with Crippen molar-refractivity contribution in [3.63, 3.8) is 0 Å². The summed E-state index contributed by atoms with van der Waals surface area (Å²) in [6.45, 7) is 7.20. The average Bonchev–Trinajstić information content (AvgIpc) is 3.88. The Bertz CT molecular complexity index is 3610. The number of rotatable bonds is 5. The Balaban J connectivity index is 1.05. The van der Waals surface area contributed by atoms with E-state index in [1.807, 2.05) is 0 Å². The molecule has 0 aliphatic heterocycles. The number of anilines is 3. The van der Waals surface area contributed by atoms with Crippen LogP contribution in [0.25, 0.3) is 65.6 Å². The van der Waals surface area contributed by atoms with Crippen molar-refractivity contribution in [3.8, 4) is 22.3 Å². The van der Waals surface area contributed by atoms with E-state index in [2.05, 4.69) is 237 Å². The monoisotopic (exact) mass is 806 g/mol. The molecule has 0 N–H and O–H groups in total. The Morgan fingerprint density at radius 3 is 1.81 bits per heavy atom. The van der Waals surface area contributed by atoms with Crippen molar-refractivity contribution in [2.75, 3.05) is 4.90 Å². The highest BCUT2D eigenvalue weighted by atomic mass is 15.1. The molecular formula is C61H46N2. The summed E-state index contributed by atoms with van der Waals surface area (Å²) in [5.74, 6) is 0. The first-order valence-electron chi connectivity index (χ1n) is 22.4. The third kappa shape index (κ3) is 5.19. The summed E-state index contributed by atoms with van der Waals surface area (Å²) in [4.78, 5) is 2.48. The number of nitrogens with zero attached hydrogens (tertiary/aromatic N) is 2. The molecule has 2 heteroatoms. The van der Waals surface area contributed by atoms with E-state index in [1.165, 1.54) is 93.4 Å². The second-order valence-corrected chi connectivity index (χ2v) is 18.6. The maximum atomic E-state index is 2.58. The van der Waals surface area contributed by atoms with E-state index in [9.17, 15) is 0 Å². The van der Waals surface area contributed by atoms with Crippen LogP contribution in [0.3, 0.4) is 0 Å². The molecular weight excluding hydrogens is 761 g/mol. The summed E-state index contributed by atoms with van der Waals surface area (Å²) in [7, 11) is 0. The van der Waals surface area contributed by atoms with Crippen LogP contribution < -0.4 is 4.90 Å². The van der Waals surface area contributed by atoms with Gasteiger partial charge in [0.1, 0.15) is 0 Å². The Hall–Kier alpha value is -7.42. The smallest absolute Gasteiger partial charge is 0.0560 e. The van der Waals surface area contributed by atoms with Crippen molar-refractivity contribution in [1.29, 1.82) is 0 Å². The molecule has 3 aliphatic rings. The molecule has 0 radical (unpaired) electrons. The van der Waals surface area contributed by atoms with Crippen LogP contribution in [0.2, 0.25) is 0 Å². The lowest BCUT2D eigenvalue weighted by Gasteiger charge is -2.29. The summed E-state index contributed by atoms with van der Waals surface area (Å²) in [6, 6.07) is 69.2. The molecule has 0 bridgehead atoms. The molecule has 0 saturated carbocycles. The lowest BCUT2D eigenvalue weighted by molar-refractivity contribution is 0.647. The van der Waals surface area contributed by atoms with Gasteiger partial charge in [-0.15, -0.1) is 0 Å². The van der Waals surface area contributed by atoms with Gasteiger partial charge in [0.2, 0.25) is 0 Å². The Morgan fingerprint density at radius 1 is 0.444 bits per heavy atom. The zero-order valence-corrected chi connectivity index (χ0v) is 35.8. The molecule has 2 unspecified atom stereocenters. The van der Waals surface area contributed by atoms with Crippen LogP contribution in [0, 0.1) is 0 Å². The van der Waals surface area contributed by atoms with Crippen molar-refractivity contribution >= 4 is 60.4 Å². The van der Waals surface area contributed by atoms with Crippen LogP contribution in [0.4, 0.5) is 17.1 Å². The van der Waals surface area contributed by atoms with Gasteiger partial charge >= 0.3 is 0 Å². The predicted molar refractivity (Wildman–Crippen MR) is 266 cm³/mol. The quantitative estimate of drug-likeness (QED) is 0.168. The first-order chi connectivity index (χ1) is 30.9. The van der Waals surface area contributed by atoms with Gasteiger partial charge in [-0.1, -0.05) is 153 Å². The third-order valence-electron chi connectivity index (χ3n) is 14.9. The van der Waals surface area contributed by atoms with E-state index in [0.29, 0.717) is 0 Å². The fourth-order valence-electron chi connectivity index (χ4n) is 11.7. The number of fused-ring (bicyclic) bond motifs is 11. The van der Waals surface area contributed by atoms with Crippen molar-refractivity contribution in [1.82, 2.24) is 4.57 Å². The number of hydrogen-bond donors (Lipinski definition) is 0. The Morgan fingerprint density at radius 2 is 1.03 bits per heavy atom. The molecule has 2 nitrogen and oxygen atoms in total. The van der Waals surface area contributed by atoms with E-state index < -0.39 is 0 Å². The molecule has 9 aromatic carbocycles. The first kappa shape index (κ1) is 36.3. The van der Waals surface area contributed by atoms with Gasteiger partial charge in [-0.25, -0.2) is 0 Å². The van der Waals surface area contributed by atoms with Crippen LogP contribution in [-0.2, 0) is 10.8 Å². The summed E-state index contributed by atoms with van der Waals surface area (Å²) >= 11 is 0. The van der Waals surface area contributed by atoms with Crippen molar-refractivity contribution in [3.05, 3.63) is 234 Å². The highest BCUT2D eigenvalue weighted by Crippen LogP contribution is 2.55. The molecule has 0 saturated heterocycles. The number of benzene rings is 9. The zero-order valence-electron chi connectivity index (χ0n) is 35.8. The Labute approximate surface area is 368 Å². The van der Waals surface area contributed by atoms with Gasteiger partial charge in [0.05, 0.1) is 6.04 Å². The topological polar surface area (TPSA) is 8.17 Å². The van der Waals surface area contributed by atoms with Gasteiger partial charge in [-0.2, -0.15) is 0 Å². The lowest BCUT2D eigenvalue weighted by Crippen LogP contribution is -2.22. The van der Waals surface area contributed by atoms with Gasteiger partial charge in [0, 0.05) is 49.7 Å². The van der Waals surface area contributed by atoms with Crippen LogP contribution in [0.5, 0.6) is 0 Å². The van der Waals surface area contributed by atoms with Crippen LogP contribution in [0.15, 0.2) is 206 Å². The van der Waals surface area contributed by atoms with Gasteiger partial charge in [0.25, 0.3) is 0 Å². The van der Waals surface area contributed by atoms with E-state index in [1.54, 1.807) is 0 Å². The standard InChI is InChI=1S/C61H46N2/c1-60(2)54-23-13-11-21-48(54)50-30-28-47(38-56(50)60)62(45-27-25-39-15-7-8-16-40(39)33-45)46-29-32-59-53(37-46)52-36-43(26-31-58(52)63(59)44-19-5-4-6-20-44)61(3)55-24-14-12-22-49(55)51-34-41-17-9-10-18-42(41)35-57(51)61/h4-19,21-38,44H,20H2,1-3H3. The molecule has 300 valence electrons. The van der Waals surface area contributed by atoms with E-state index in [4.69, 9.17) is 0 Å². The molecule has 1 heterocycles. The molecule has 0 amide bonds. The van der Waals surface area contributed by atoms with Crippen LogP contribution >= 0.6 is 0 Å². The van der Waals surface area contributed by atoms with Crippen molar-refractivity contribution in [2.24, 2.45) is 0 Å². The largest absolute Gasteiger partial charge is 0.333 e. The molecule has 63 heavy (non-hydrogen) atoms. The highest BCUT2D eigenvalue weighted by Gasteiger charge is 2.41. The van der Waals surface area contributed by atoms with Crippen LogP contribution in [0.1, 0.15) is 61.1 Å². The van der Waals surface area contributed by atoms with Crippen molar-refractivity contribution < 1.29 is 0 Å². The highest BCUT2D eigenvalue weighted by molar-refractivity contribution is 6.10. The first-order valence-corrected chi connectivity index (χ1v) is 22.4. The van der Waals surface area contributed by atoms with Gasteiger partial charge in [-0.05, 0) is 152 Å².